The average Bonchev–Trinajstić information content (AvgIpc) is 3.46. The van der Waals surface area contributed by atoms with Crippen molar-refractivity contribution in [2.24, 2.45) is 0 Å². The number of carbonyl (C=O) groups is 1. The molecule has 132 valence electrons. The summed E-state index contributed by atoms with van der Waals surface area (Å²) in [7, 11) is 6.23. The maximum Gasteiger partial charge on any atom is 0.194 e. The molecule has 1 aliphatic heterocycles. The van der Waals surface area contributed by atoms with Crippen LogP contribution < -0.4 is 18.9 Å². The first-order valence-electron chi connectivity index (χ1n) is 7.76. The van der Waals surface area contributed by atoms with Gasteiger partial charge in [-0.3, -0.25) is 4.79 Å². The first-order chi connectivity index (χ1) is 12.1. The standard InChI is InChI=1S/C19H20O6/c1-21-13-7-5-11(9-15(13)23-3)17(20)19-18(25-19)12-6-8-14(22-2)16(10-12)24-4/h5-10,18-19H,1-4H3. The Bertz CT molecular complexity index is 785. The molecule has 0 aromatic heterocycles. The lowest BCUT2D eigenvalue weighted by molar-refractivity contribution is 0.0953. The van der Waals surface area contributed by atoms with Gasteiger partial charge in [-0.05, 0) is 35.9 Å². The van der Waals surface area contributed by atoms with Crippen molar-refractivity contribution in [3.05, 3.63) is 47.5 Å². The van der Waals surface area contributed by atoms with Gasteiger partial charge in [0, 0.05) is 5.56 Å². The molecule has 0 N–H and O–H groups in total. The summed E-state index contributed by atoms with van der Waals surface area (Å²) in [5.41, 5.74) is 1.39. The number of carbonyl (C=O) groups excluding carboxylic acids is 1. The van der Waals surface area contributed by atoms with Crippen LogP contribution in [0.3, 0.4) is 0 Å². The van der Waals surface area contributed by atoms with E-state index < -0.39 is 6.10 Å². The van der Waals surface area contributed by atoms with E-state index in [1.165, 1.54) is 7.11 Å². The molecule has 6 heteroatoms. The summed E-state index contributed by atoms with van der Waals surface area (Å²) in [5.74, 6) is 2.23. The van der Waals surface area contributed by atoms with Gasteiger partial charge in [-0.15, -0.1) is 0 Å². The number of hydrogen-bond donors (Lipinski definition) is 0. The van der Waals surface area contributed by atoms with Crippen LogP contribution in [0.1, 0.15) is 22.0 Å². The van der Waals surface area contributed by atoms with E-state index in [1.807, 2.05) is 12.1 Å². The van der Waals surface area contributed by atoms with E-state index in [0.717, 1.165) is 5.56 Å². The number of ether oxygens (including phenoxy) is 5. The third kappa shape index (κ3) is 3.25. The van der Waals surface area contributed by atoms with Gasteiger partial charge >= 0.3 is 0 Å². The Balaban J connectivity index is 1.78. The van der Waals surface area contributed by atoms with E-state index in [2.05, 4.69) is 0 Å². The van der Waals surface area contributed by atoms with Crippen molar-refractivity contribution in [1.29, 1.82) is 0 Å². The number of hydrogen-bond acceptors (Lipinski definition) is 6. The van der Waals surface area contributed by atoms with Gasteiger partial charge in [-0.2, -0.15) is 0 Å². The highest BCUT2D eigenvalue weighted by molar-refractivity contribution is 6.02. The minimum atomic E-state index is -0.517. The van der Waals surface area contributed by atoms with Crippen molar-refractivity contribution in [3.8, 4) is 23.0 Å². The molecule has 1 fully saturated rings. The number of epoxide rings is 1. The highest BCUT2D eigenvalue weighted by Crippen LogP contribution is 2.43. The zero-order valence-electron chi connectivity index (χ0n) is 14.6. The number of methoxy groups -OCH3 is 4. The van der Waals surface area contributed by atoms with E-state index in [1.54, 1.807) is 45.6 Å². The molecule has 3 rings (SSSR count). The third-order valence-electron chi connectivity index (χ3n) is 4.15. The Morgan fingerprint density at radius 1 is 0.800 bits per heavy atom. The third-order valence-corrected chi connectivity index (χ3v) is 4.15. The van der Waals surface area contributed by atoms with Crippen LogP contribution in [0.25, 0.3) is 0 Å². The van der Waals surface area contributed by atoms with E-state index in [-0.39, 0.29) is 11.9 Å². The minimum absolute atomic E-state index is 0.0965. The highest BCUT2D eigenvalue weighted by Gasteiger charge is 2.46. The number of ketones is 1. The first kappa shape index (κ1) is 17.1. The monoisotopic (exact) mass is 344 g/mol. The Morgan fingerprint density at radius 2 is 1.36 bits per heavy atom. The van der Waals surface area contributed by atoms with Gasteiger partial charge in [0.05, 0.1) is 28.4 Å². The fourth-order valence-electron chi connectivity index (χ4n) is 2.75. The molecule has 1 heterocycles. The topological polar surface area (TPSA) is 66.5 Å². The Labute approximate surface area is 146 Å². The van der Waals surface area contributed by atoms with Crippen molar-refractivity contribution in [2.45, 2.75) is 12.2 Å². The summed E-state index contributed by atoms with van der Waals surface area (Å²) in [4.78, 5) is 12.7. The molecule has 1 aliphatic rings. The summed E-state index contributed by atoms with van der Waals surface area (Å²) in [5, 5.41) is 0. The van der Waals surface area contributed by atoms with Crippen molar-refractivity contribution < 1.29 is 28.5 Å². The van der Waals surface area contributed by atoms with Crippen LogP contribution >= 0.6 is 0 Å². The zero-order chi connectivity index (χ0) is 18.0. The van der Waals surface area contributed by atoms with Crippen molar-refractivity contribution in [1.82, 2.24) is 0 Å². The van der Waals surface area contributed by atoms with Crippen molar-refractivity contribution in [3.63, 3.8) is 0 Å². The summed E-state index contributed by atoms with van der Waals surface area (Å²) in [6.45, 7) is 0. The van der Waals surface area contributed by atoms with Gasteiger partial charge in [-0.25, -0.2) is 0 Å². The second kappa shape index (κ2) is 7.03. The normalized spacial score (nSPS) is 18.4. The predicted molar refractivity (Wildman–Crippen MR) is 91.0 cm³/mol. The van der Waals surface area contributed by atoms with Gasteiger partial charge < -0.3 is 23.7 Å². The number of benzene rings is 2. The fraction of sp³-hybridized carbons (Fsp3) is 0.316. The van der Waals surface area contributed by atoms with Gasteiger partial charge in [0.15, 0.2) is 34.9 Å². The maximum atomic E-state index is 12.7. The van der Waals surface area contributed by atoms with E-state index >= 15 is 0 Å². The Morgan fingerprint density at radius 3 is 1.96 bits per heavy atom. The summed E-state index contributed by atoms with van der Waals surface area (Å²) >= 11 is 0. The van der Waals surface area contributed by atoms with Crippen LogP contribution in [0.4, 0.5) is 0 Å². The molecule has 6 nitrogen and oxygen atoms in total. The zero-order valence-corrected chi connectivity index (χ0v) is 14.6. The molecular weight excluding hydrogens is 324 g/mol. The molecule has 0 amide bonds. The molecular formula is C19H20O6. The van der Waals surface area contributed by atoms with Crippen LogP contribution in [-0.4, -0.2) is 40.3 Å². The van der Waals surface area contributed by atoms with Gasteiger partial charge in [0.1, 0.15) is 6.10 Å². The molecule has 2 unspecified atom stereocenters. The molecule has 0 radical (unpaired) electrons. The lowest BCUT2D eigenvalue weighted by Crippen LogP contribution is -2.08. The quantitative estimate of drug-likeness (QED) is 0.568. The molecule has 0 spiro atoms. The van der Waals surface area contributed by atoms with E-state index in [9.17, 15) is 4.79 Å². The van der Waals surface area contributed by atoms with Crippen LogP contribution in [0.5, 0.6) is 23.0 Å². The summed E-state index contributed by atoms with van der Waals surface area (Å²) in [6, 6.07) is 10.6. The number of Topliss-reactive ketones (excluding diaryl/α,β-unsaturated/α-hetero) is 1. The molecule has 2 atom stereocenters. The van der Waals surface area contributed by atoms with Crippen molar-refractivity contribution in [2.75, 3.05) is 28.4 Å². The van der Waals surface area contributed by atoms with Gasteiger partial charge in [0.2, 0.25) is 0 Å². The predicted octanol–water partition coefficient (Wildman–Crippen LogP) is 3.04. The minimum Gasteiger partial charge on any atom is -0.493 e. The van der Waals surface area contributed by atoms with Crippen LogP contribution in [-0.2, 0) is 4.74 Å². The smallest absolute Gasteiger partial charge is 0.194 e. The summed E-state index contributed by atoms with van der Waals surface area (Å²) in [6.07, 6.45) is -0.809. The lowest BCUT2D eigenvalue weighted by atomic mass is 10.0. The molecule has 0 bridgehead atoms. The molecule has 2 aromatic carbocycles. The molecule has 1 saturated heterocycles. The van der Waals surface area contributed by atoms with Crippen LogP contribution in [0.2, 0.25) is 0 Å². The van der Waals surface area contributed by atoms with Gasteiger partial charge in [0.25, 0.3) is 0 Å². The van der Waals surface area contributed by atoms with Gasteiger partial charge in [-0.1, -0.05) is 6.07 Å². The largest absolute Gasteiger partial charge is 0.493 e. The SMILES string of the molecule is COc1ccc(C(=O)C2OC2c2ccc(OC)c(OC)c2)cc1OC. The lowest BCUT2D eigenvalue weighted by Gasteiger charge is -2.09. The van der Waals surface area contributed by atoms with E-state index in [0.29, 0.717) is 28.6 Å². The Kier molecular flexibility index (Phi) is 4.81. The van der Waals surface area contributed by atoms with Crippen molar-refractivity contribution >= 4 is 5.78 Å². The second-order valence-corrected chi connectivity index (χ2v) is 5.53. The van der Waals surface area contributed by atoms with E-state index in [4.69, 9.17) is 23.7 Å². The molecule has 0 saturated carbocycles. The molecule has 2 aromatic rings. The Hall–Kier alpha value is -2.73. The number of rotatable bonds is 7. The fourth-order valence-corrected chi connectivity index (χ4v) is 2.75. The van der Waals surface area contributed by atoms with Crippen LogP contribution in [0.15, 0.2) is 36.4 Å². The molecule has 25 heavy (non-hydrogen) atoms. The van der Waals surface area contributed by atoms with Crippen LogP contribution in [0, 0.1) is 0 Å². The molecule has 0 aliphatic carbocycles. The average molecular weight is 344 g/mol. The summed E-state index contributed by atoms with van der Waals surface area (Å²) < 4.78 is 26.6. The highest BCUT2D eigenvalue weighted by atomic mass is 16.6. The first-order valence-corrected chi connectivity index (χ1v) is 7.76. The maximum absolute atomic E-state index is 12.7. The second-order valence-electron chi connectivity index (χ2n) is 5.53.